The summed E-state index contributed by atoms with van der Waals surface area (Å²) in [5.74, 6) is -1.14. The summed E-state index contributed by atoms with van der Waals surface area (Å²) in [4.78, 5) is 49.7. The molecule has 0 aliphatic carbocycles. The fourth-order valence-electron chi connectivity index (χ4n) is 3.52. The summed E-state index contributed by atoms with van der Waals surface area (Å²) < 4.78 is 15.9. The molecule has 2 aromatic rings. The van der Waals surface area contributed by atoms with E-state index in [2.05, 4.69) is 0 Å². The number of nitrogens with zero attached hydrogens (tertiary/aromatic N) is 2. The number of esters is 1. The first kappa shape index (κ1) is 22.7. The number of rotatable bonds is 9. The SMILES string of the molecule is CCOc1ccc(C(CC(=O)OC)N2C(=O)c3ccc([N+](=O)[O-])cc3C2=O)cc1OCC. The van der Waals surface area contributed by atoms with Gasteiger partial charge in [-0.2, -0.15) is 0 Å². The van der Waals surface area contributed by atoms with Crippen LogP contribution in [-0.2, 0) is 9.53 Å². The summed E-state index contributed by atoms with van der Waals surface area (Å²) in [6, 6.07) is 7.33. The average molecular weight is 442 g/mol. The van der Waals surface area contributed by atoms with E-state index in [4.69, 9.17) is 14.2 Å². The van der Waals surface area contributed by atoms with E-state index in [1.165, 1.54) is 13.2 Å². The summed E-state index contributed by atoms with van der Waals surface area (Å²) in [6.45, 7) is 4.37. The number of non-ortho nitro benzene ring substituents is 1. The van der Waals surface area contributed by atoms with Crippen LogP contribution in [0.2, 0.25) is 0 Å². The molecule has 168 valence electrons. The number of carbonyl (C=O) groups excluding carboxylic acids is 3. The molecule has 1 atom stereocenters. The Labute approximate surface area is 183 Å². The number of benzene rings is 2. The third kappa shape index (κ3) is 4.25. The lowest BCUT2D eigenvalue weighted by Crippen LogP contribution is -2.35. The van der Waals surface area contributed by atoms with Crippen LogP contribution in [0.4, 0.5) is 5.69 Å². The third-order valence-electron chi connectivity index (χ3n) is 4.96. The predicted molar refractivity (Wildman–Crippen MR) is 112 cm³/mol. The van der Waals surface area contributed by atoms with Crippen molar-refractivity contribution in [1.82, 2.24) is 4.90 Å². The summed E-state index contributed by atoms with van der Waals surface area (Å²) in [5.41, 5.74) is 0.0868. The third-order valence-corrected chi connectivity index (χ3v) is 4.96. The van der Waals surface area contributed by atoms with E-state index in [1.807, 2.05) is 6.92 Å². The van der Waals surface area contributed by atoms with Crippen molar-refractivity contribution in [3.63, 3.8) is 0 Å². The Bertz CT molecular complexity index is 1080. The first-order chi connectivity index (χ1) is 15.3. The van der Waals surface area contributed by atoms with Crippen molar-refractivity contribution in [2.75, 3.05) is 20.3 Å². The quantitative estimate of drug-likeness (QED) is 0.251. The molecule has 0 bridgehead atoms. The van der Waals surface area contributed by atoms with Gasteiger partial charge in [0.05, 0.1) is 48.8 Å². The molecule has 2 aromatic carbocycles. The number of amides is 2. The van der Waals surface area contributed by atoms with Crippen LogP contribution in [0, 0.1) is 10.1 Å². The van der Waals surface area contributed by atoms with E-state index in [0.717, 1.165) is 17.0 Å². The van der Waals surface area contributed by atoms with E-state index < -0.39 is 28.7 Å². The van der Waals surface area contributed by atoms with Crippen LogP contribution in [0.15, 0.2) is 36.4 Å². The molecular weight excluding hydrogens is 420 g/mol. The zero-order valence-electron chi connectivity index (χ0n) is 17.8. The Morgan fingerprint density at radius 2 is 1.66 bits per heavy atom. The van der Waals surface area contributed by atoms with Gasteiger partial charge in [-0.25, -0.2) is 0 Å². The molecule has 1 aliphatic rings. The Morgan fingerprint density at radius 1 is 1.00 bits per heavy atom. The lowest BCUT2D eigenvalue weighted by atomic mass is 10.0. The molecule has 1 aliphatic heterocycles. The Balaban J connectivity index is 2.07. The van der Waals surface area contributed by atoms with E-state index >= 15 is 0 Å². The number of hydrogen-bond donors (Lipinski definition) is 0. The highest BCUT2D eigenvalue weighted by atomic mass is 16.6. The molecule has 0 aromatic heterocycles. The van der Waals surface area contributed by atoms with E-state index in [-0.39, 0.29) is 23.2 Å². The fourth-order valence-corrected chi connectivity index (χ4v) is 3.52. The Morgan fingerprint density at radius 3 is 2.28 bits per heavy atom. The van der Waals surface area contributed by atoms with Gasteiger partial charge >= 0.3 is 5.97 Å². The number of hydrogen-bond acceptors (Lipinski definition) is 8. The highest BCUT2D eigenvalue weighted by Gasteiger charge is 2.42. The number of imide groups is 1. The van der Waals surface area contributed by atoms with Crippen molar-refractivity contribution >= 4 is 23.5 Å². The van der Waals surface area contributed by atoms with Crippen LogP contribution in [0.25, 0.3) is 0 Å². The van der Waals surface area contributed by atoms with Gasteiger partial charge in [-0.1, -0.05) is 6.07 Å². The van der Waals surface area contributed by atoms with E-state index in [1.54, 1.807) is 25.1 Å². The molecule has 2 amide bonds. The minimum atomic E-state index is -1.01. The molecule has 0 saturated carbocycles. The lowest BCUT2D eigenvalue weighted by Gasteiger charge is -2.26. The number of methoxy groups -OCH3 is 1. The van der Waals surface area contributed by atoms with Crippen LogP contribution < -0.4 is 9.47 Å². The second-order valence-electron chi connectivity index (χ2n) is 6.84. The number of carbonyl (C=O) groups is 3. The zero-order chi connectivity index (χ0) is 23.4. The number of fused-ring (bicyclic) bond motifs is 1. The molecule has 0 spiro atoms. The van der Waals surface area contributed by atoms with Crippen LogP contribution in [0.3, 0.4) is 0 Å². The van der Waals surface area contributed by atoms with Crippen LogP contribution in [0.5, 0.6) is 11.5 Å². The molecular formula is C22H22N2O8. The standard InChI is InChI=1S/C22H22N2O8/c1-4-31-18-9-6-13(10-19(18)32-5-2)17(12-20(25)30-3)23-21(26)15-8-7-14(24(28)29)11-16(15)22(23)27/h6-11,17H,4-5,12H2,1-3H3. The monoisotopic (exact) mass is 442 g/mol. The lowest BCUT2D eigenvalue weighted by molar-refractivity contribution is -0.384. The Kier molecular flexibility index (Phi) is 6.72. The minimum Gasteiger partial charge on any atom is -0.490 e. The van der Waals surface area contributed by atoms with Gasteiger partial charge in [0.25, 0.3) is 17.5 Å². The smallest absolute Gasteiger partial charge is 0.307 e. The van der Waals surface area contributed by atoms with Crippen molar-refractivity contribution in [2.24, 2.45) is 0 Å². The Hall–Kier alpha value is -3.95. The first-order valence-electron chi connectivity index (χ1n) is 9.95. The number of nitro benzene ring substituents is 1. The maximum atomic E-state index is 13.1. The van der Waals surface area contributed by atoms with Crippen molar-refractivity contribution in [1.29, 1.82) is 0 Å². The van der Waals surface area contributed by atoms with Crippen molar-refractivity contribution in [2.45, 2.75) is 26.3 Å². The van der Waals surface area contributed by atoms with Gasteiger partial charge in [-0.3, -0.25) is 29.4 Å². The summed E-state index contributed by atoms with van der Waals surface area (Å²) >= 11 is 0. The largest absolute Gasteiger partial charge is 0.490 e. The van der Waals surface area contributed by atoms with Crippen LogP contribution in [-0.4, -0.2) is 47.9 Å². The summed E-state index contributed by atoms with van der Waals surface area (Å²) in [7, 11) is 1.20. The first-order valence-corrected chi connectivity index (χ1v) is 9.95. The predicted octanol–water partition coefficient (Wildman–Crippen LogP) is 3.29. The highest BCUT2D eigenvalue weighted by Crippen LogP contribution is 2.38. The van der Waals surface area contributed by atoms with Crippen LogP contribution in [0.1, 0.15) is 52.6 Å². The van der Waals surface area contributed by atoms with Crippen molar-refractivity contribution < 1.29 is 33.5 Å². The molecule has 1 unspecified atom stereocenters. The molecule has 10 nitrogen and oxygen atoms in total. The number of nitro groups is 1. The molecule has 10 heteroatoms. The summed E-state index contributed by atoms with van der Waals surface area (Å²) in [6.07, 6.45) is -0.302. The second kappa shape index (κ2) is 9.46. The van der Waals surface area contributed by atoms with Gasteiger partial charge in [0, 0.05) is 12.1 Å². The van der Waals surface area contributed by atoms with Crippen molar-refractivity contribution in [3.8, 4) is 11.5 Å². The van der Waals surface area contributed by atoms with Crippen LogP contribution >= 0.6 is 0 Å². The van der Waals surface area contributed by atoms with E-state index in [9.17, 15) is 24.5 Å². The van der Waals surface area contributed by atoms with Gasteiger partial charge in [0.15, 0.2) is 11.5 Å². The fraction of sp³-hybridized carbons (Fsp3) is 0.318. The van der Waals surface area contributed by atoms with Gasteiger partial charge < -0.3 is 14.2 Å². The minimum absolute atomic E-state index is 0.0337. The van der Waals surface area contributed by atoms with Gasteiger partial charge in [0.1, 0.15) is 0 Å². The van der Waals surface area contributed by atoms with Crippen molar-refractivity contribution in [3.05, 3.63) is 63.2 Å². The van der Waals surface area contributed by atoms with Gasteiger partial charge in [-0.15, -0.1) is 0 Å². The molecule has 0 saturated heterocycles. The number of ether oxygens (including phenoxy) is 3. The molecule has 0 N–H and O–H groups in total. The van der Waals surface area contributed by atoms with E-state index in [0.29, 0.717) is 30.3 Å². The molecule has 0 fully saturated rings. The molecule has 1 heterocycles. The maximum absolute atomic E-state index is 13.1. The normalized spacial score (nSPS) is 13.5. The maximum Gasteiger partial charge on any atom is 0.307 e. The topological polar surface area (TPSA) is 125 Å². The highest BCUT2D eigenvalue weighted by molar-refractivity contribution is 6.22. The molecule has 3 rings (SSSR count). The van der Waals surface area contributed by atoms with Gasteiger partial charge in [-0.05, 0) is 37.6 Å². The molecule has 0 radical (unpaired) electrons. The average Bonchev–Trinajstić information content (AvgIpc) is 3.03. The summed E-state index contributed by atoms with van der Waals surface area (Å²) in [5, 5.41) is 11.1. The van der Waals surface area contributed by atoms with Gasteiger partial charge in [0.2, 0.25) is 0 Å². The zero-order valence-corrected chi connectivity index (χ0v) is 17.8. The molecule has 32 heavy (non-hydrogen) atoms. The second-order valence-corrected chi connectivity index (χ2v) is 6.84.